The normalized spacial score (nSPS) is 22.1. The summed E-state index contributed by atoms with van der Waals surface area (Å²) in [6, 6.07) is 26.5. The second-order valence-corrected chi connectivity index (χ2v) is 9.01. The van der Waals surface area contributed by atoms with E-state index in [1.807, 2.05) is 72.8 Å². The number of carbonyl (C=O) groups is 3. The van der Waals surface area contributed by atoms with Crippen molar-refractivity contribution in [3.63, 3.8) is 0 Å². The van der Waals surface area contributed by atoms with Gasteiger partial charge in [0.25, 0.3) is 0 Å². The Morgan fingerprint density at radius 3 is 1.69 bits per heavy atom. The molecule has 5 nitrogen and oxygen atoms in total. The van der Waals surface area contributed by atoms with Gasteiger partial charge in [0.1, 0.15) is 0 Å². The molecule has 3 aromatic rings. The number of fused-ring (bicyclic) bond motifs is 2. The second-order valence-electron chi connectivity index (χ2n) is 9.01. The van der Waals surface area contributed by atoms with Crippen LogP contribution in [-0.4, -0.2) is 22.8 Å². The second kappa shape index (κ2) is 9.18. The Hall–Kier alpha value is -4.25. The summed E-state index contributed by atoms with van der Waals surface area (Å²) in [4.78, 5) is 37.5. The molecule has 1 saturated carbocycles. The highest BCUT2D eigenvalue weighted by Gasteiger charge is 2.55. The quantitative estimate of drug-likeness (QED) is 0.375. The number of aliphatic carboxylic acids is 1. The molecule has 3 aromatic carbocycles. The van der Waals surface area contributed by atoms with Crippen molar-refractivity contribution in [1.82, 2.24) is 0 Å². The summed E-state index contributed by atoms with van der Waals surface area (Å²) < 4.78 is 0. The molecule has 0 aromatic heterocycles. The molecule has 4 atom stereocenters. The first-order chi connectivity index (χ1) is 17.0. The van der Waals surface area contributed by atoms with E-state index in [-0.39, 0.29) is 23.5 Å². The van der Waals surface area contributed by atoms with Gasteiger partial charge in [-0.25, -0.2) is 0 Å². The van der Waals surface area contributed by atoms with Crippen LogP contribution < -0.4 is 5.32 Å². The van der Waals surface area contributed by atoms with Gasteiger partial charge in [0.15, 0.2) is 5.78 Å². The average Bonchev–Trinajstić information content (AvgIpc) is 3.42. The van der Waals surface area contributed by atoms with Crippen LogP contribution in [0.2, 0.25) is 0 Å². The van der Waals surface area contributed by atoms with E-state index >= 15 is 0 Å². The maximum absolute atomic E-state index is 13.5. The molecule has 0 heterocycles. The van der Waals surface area contributed by atoms with E-state index in [4.69, 9.17) is 0 Å². The van der Waals surface area contributed by atoms with Crippen LogP contribution in [-0.2, 0) is 9.59 Å². The number of anilines is 1. The van der Waals surface area contributed by atoms with Crippen molar-refractivity contribution in [2.75, 3.05) is 5.32 Å². The predicted octanol–water partition coefficient (Wildman–Crippen LogP) is 5.46. The van der Waals surface area contributed by atoms with E-state index < -0.39 is 17.8 Å². The number of Topliss-reactive ketones (excluding diaryl/α,β-unsaturated/α-hetero) is 1. The largest absolute Gasteiger partial charge is 0.481 e. The Kier molecular flexibility index (Phi) is 5.91. The Morgan fingerprint density at radius 1 is 0.686 bits per heavy atom. The molecule has 5 rings (SSSR count). The van der Waals surface area contributed by atoms with Crippen molar-refractivity contribution in [1.29, 1.82) is 0 Å². The molecule has 35 heavy (non-hydrogen) atoms. The van der Waals surface area contributed by atoms with Gasteiger partial charge in [-0.05, 0) is 53.5 Å². The van der Waals surface area contributed by atoms with Crippen LogP contribution in [0.3, 0.4) is 0 Å². The Bertz CT molecular complexity index is 1300. The van der Waals surface area contributed by atoms with Crippen molar-refractivity contribution in [3.8, 4) is 0 Å². The fourth-order valence-electron chi connectivity index (χ4n) is 5.43. The van der Waals surface area contributed by atoms with Crippen LogP contribution in [0.5, 0.6) is 0 Å². The first-order valence-corrected chi connectivity index (χ1v) is 11.6. The molecule has 2 N–H and O–H groups in total. The van der Waals surface area contributed by atoms with E-state index in [1.54, 1.807) is 24.3 Å². The minimum Gasteiger partial charge on any atom is -0.481 e. The Morgan fingerprint density at radius 2 is 1.20 bits per heavy atom. The van der Waals surface area contributed by atoms with Crippen molar-refractivity contribution < 1.29 is 19.5 Å². The first-order valence-electron chi connectivity index (χ1n) is 11.6. The molecular weight excluding hydrogens is 438 g/mol. The van der Waals surface area contributed by atoms with Crippen molar-refractivity contribution >= 4 is 28.9 Å². The number of carboxylic acids is 1. The summed E-state index contributed by atoms with van der Waals surface area (Å²) in [5, 5.41) is 13.1. The summed E-state index contributed by atoms with van der Waals surface area (Å²) in [5.41, 5.74) is 5.04. The number of carboxylic acid groups (broad SMARTS) is 1. The summed E-state index contributed by atoms with van der Waals surface area (Å²) >= 11 is 0. The van der Waals surface area contributed by atoms with Crippen LogP contribution in [0.25, 0.3) is 5.57 Å². The fraction of sp³-hybridized carbons (Fsp3) is 0.167. The highest BCUT2D eigenvalue weighted by atomic mass is 16.4. The van der Waals surface area contributed by atoms with E-state index in [9.17, 15) is 19.5 Å². The smallest absolute Gasteiger partial charge is 0.308 e. The highest BCUT2D eigenvalue weighted by molar-refractivity contribution is 5.99. The minimum atomic E-state index is -0.980. The zero-order valence-corrected chi connectivity index (χ0v) is 19.2. The summed E-state index contributed by atoms with van der Waals surface area (Å²) in [6.45, 7) is 1.48. The molecule has 5 heteroatoms. The third kappa shape index (κ3) is 4.10. The highest BCUT2D eigenvalue weighted by Crippen LogP contribution is 2.55. The average molecular weight is 464 g/mol. The topological polar surface area (TPSA) is 83.5 Å². The van der Waals surface area contributed by atoms with Crippen molar-refractivity contribution in [2.24, 2.45) is 23.7 Å². The molecule has 0 radical (unpaired) electrons. The molecule has 0 spiro atoms. The van der Waals surface area contributed by atoms with Crippen molar-refractivity contribution in [3.05, 3.63) is 119 Å². The van der Waals surface area contributed by atoms with E-state index in [2.05, 4.69) is 5.32 Å². The van der Waals surface area contributed by atoms with Gasteiger partial charge in [-0.3, -0.25) is 14.4 Å². The van der Waals surface area contributed by atoms with Gasteiger partial charge in [-0.1, -0.05) is 72.8 Å². The van der Waals surface area contributed by atoms with Gasteiger partial charge in [0.2, 0.25) is 5.91 Å². The molecule has 1 fully saturated rings. The molecule has 0 saturated heterocycles. The minimum absolute atomic E-state index is 0.0591. The van der Waals surface area contributed by atoms with Gasteiger partial charge >= 0.3 is 5.97 Å². The van der Waals surface area contributed by atoms with Crippen LogP contribution in [0.1, 0.15) is 28.4 Å². The van der Waals surface area contributed by atoms with Gasteiger partial charge in [-0.2, -0.15) is 0 Å². The SMILES string of the molecule is CC(=O)c1ccc(NC(=O)[C@H]2[C@H](C(=O)O)[C@H]3C=C[C@H]2C3=C(c2ccccc2)c2ccccc2)cc1. The lowest BCUT2D eigenvalue weighted by Gasteiger charge is -2.23. The number of hydrogen-bond acceptors (Lipinski definition) is 3. The molecule has 1 amide bonds. The third-order valence-electron chi connectivity index (χ3n) is 6.97. The van der Waals surface area contributed by atoms with Crippen LogP contribution >= 0.6 is 0 Å². The zero-order chi connectivity index (χ0) is 24.5. The predicted molar refractivity (Wildman–Crippen MR) is 135 cm³/mol. The first kappa shape index (κ1) is 22.5. The number of ketones is 1. The molecule has 174 valence electrons. The standard InChI is InChI=1S/C30H25NO4/c1-18(32)19-12-14-22(15-13-19)31-29(33)27-23-16-17-24(28(27)30(34)35)26(23)25(20-8-4-2-5-9-20)21-10-6-3-7-11-21/h2-17,23-24,27-28H,1H3,(H,31,33)(H,34,35)/t23-,24-,27+,28+/m0/s1. The summed E-state index contributed by atoms with van der Waals surface area (Å²) in [6.07, 6.45) is 3.92. The lowest BCUT2D eigenvalue weighted by atomic mass is 9.82. The number of nitrogens with one attached hydrogen (secondary N) is 1. The number of hydrogen-bond donors (Lipinski definition) is 2. The third-order valence-corrected chi connectivity index (χ3v) is 6.97. The summed E-state index contributed by atoms with van der Waals surface area (Å²) in [7, 11) is 0. The maximum Gasteiger partial charge on any atom is 0.308 e. The Labute approximate surface area is 203 Å². The maximum atomic E-state index is 13.5. The molecule has 2 bridgehead atoms. The summed E-state index contributed by atoms with van der Waals surface area (Å²) in [5.74, 6) is -3.67. The molecule has 0 aliphatic heterocycles. The number of rotatable bonds is 6. The number of carbonyl (C=O) groups excluding carboxylic acids is 2. The van der Waals surface area contributed by atoms with Crippen molar-refractivity contribution in [2.45, 2.75) is 6.92 Å². The molecular formula is C30H25NO4. The van der Waals surface area contributed by atoms with E-state index in [0.717, 1.165) is 22.3 Å². The van der Waals surface area contributed by atoms with Crippen LogP contribution in [0.15, 0.2) is 103 Å². The van der Waals surface area contributed by atoms with Gasteiger partial charge < -0.3 is 10.4 Å². The molecule has 2 aliphatic carbocycles. The number of amides is 1. The Balaban J connectivity index is 1.57. The lowest BCUT2D eigenvalue weighted by molar-refractivity contribution is -0.146. The van der Waals surface area contributed by atoms with Gasteiger partial charge in [0, 0.05) is 23.1 Å². The monoisotopic (exact) mass is 463 g/mol. The number of allylic oxidation sites excluding steroid dienone is 3. The van der Waals surface area contributed by atoms with E-state index in [0.29, 0.717) is 11.3 Å². The molecule has 2 aliphatic rings. The van der Waals surface area contributed by atoms with Gasteiger partial charge in [-0.15, -0.1) is 0 Å². The van der Waals surface area contributed by atoms with Crippen LogP contribution in [0, 0.1) is 23.7 Å². The number of benzene rings is 3. The fourth-order valence-corrected chi connectivity index (χ4v) is 5.43. The lowest BCUT2D eigenvalue weighted by Crippen LogP contribution is -2.36. The van der Waals surface area contributed by atoms with Gasteiger partial charge in [0.05, 0.1) is 11.8 Å². The van der Waals surface area contributed by atoms with E-state index in [1.165, 1.54) is 6.92 Å². The zero-order valence-electron chi connectivity index (χ0n) is 19.2. The van der Waals surface area contributed by atoms with Crippen LogP contribution in [0.4, 0.5) is 5.69 Å². The molecule has 0 unspecified atom stereocenters.